The van der Waals surface area contributed by atoms with Crippen LogP contribution in [0.25, 0.3) is 0 Å². The van der Waals surface area contributed by atoms with E-state index in [1.165, 1.54) is 0 Å². The Hall–Kier alpha value is -0.650. The topological polar surface area (TPSA) is 59.6 Å². The zero-order valence-electron chi connectivity index (χ0n) is 9.67. The first-order valence-electron chi connectivity index (χ1n) is 5.35. The van der Waals surface area contributed by atoms with Crippen molar-refractivity contribution in [2.75, 3.05) is 46.6 Å². The van der Waals surface area contributed by atoms with Gasteiger partial charge in [0.25, 0.3) is 0 Å². The summed E-state index contributed by atoms with van der Waals surface area (Å²) in [6.45, 7) is 5.64. The van der Waals surface area contributed by atoms with Gasteiger partial charge in [-0.2, -0.15) is 0 Å². The van der Waals surface area contributed by atoms with E-state index in [-0.39, 0.29) is 12.5 Å². The molecule has 0 bridgehead atoms. The summed E-state index contributed by atoms with van der Waals surface area (Å²) < 4.78 is 9.95. The molecular formula is C10H22N2O3. The van der Waals surface area contributed by atoms with Crippen molar-refractivity contribution in [3.63, 3.8) is 0 Å². The Balaban J connectivity index is 3.10. The molecule has 5 heteroatoms. The minimum atomic E-state index is -0.0949. The van der Waals surface area contributed by atoms with E-state index in [2.05, 4.69) is 17.6 Å². The molecular weight excluding hydrogens is 196 g/mol. The van der Waals surface area contributed by atoms with Crippen LogP contribution in [0.2, 0.25) is 0 Å². The van der Waals surface area contributed by atoms with Gasteiger partial charge >= 0.3 is 0 Å². The Labute approximate surface area is 91.5 Å². The van der Waals surface area contributed by atoms with Crippen molar-refractivity contribution >= 4 is 5.91 Å². The minimum Gasteiger partial charge on any atom is -0.383 e. The van der Waals surface area contributed by atoms with Gasteiger partial charge in [0.05, 0.1) is 13.2 Å². The number of carbonyl (C=O) groups excluding carboxylic acids is 1. The van der Waals surface area contributed by atoms with Crippen molar-refractivity contribution in [3.05, 3.63) is 0 Å². The van der Waals surface area contributed by atoms with E-state index in [0.29, 0.717) is 19.8 Å². The number of hydrogen-bond donors (Lipinski definition) is 2. The van der Waals surface area contributed by atoms with E-state index in [1.54, 1.807) is 7.11 Å². The van der Waals surface area contributed by atoms with Gasteiger partial charge in [-0.1, -0.05) is 6.92 Å². The first kappa shape index (κ1) is 14.3. The van der Waals surface area contributed by atoms with Gasteiger partial charge in [0.2, 0.25) is 5.91 Å². The van der Waals surface area contributed by atoms with Crippen molar-refractivity contribution in [2.45, 2.75) is 13.3 Å². The smallest absolute Gasteiger partial charge is 0.246 e. The molecule has 0 unspecified atom stereocenters. The predicted molar refractivity (Wildman–Crippen MR) is 58.9 cm³/mol. The fourth-order valence-corrected chi connectivity index (χ4v) is 0.955. The Kier molecular flexibility index (Phi) is 10.9. The number of rotatable bonds is 10. The van der Waals surface area contributed by atoms with Crippen LogP contribution in [0.1, 0.15) is 13.3 Å². The molecule has 0 spiro atoms. The molecule has 0 saturated heterocycles. The van der Waals surface area contributed by atoms with Crippen LogP contribution in [-0.4, -0.2) is 52.5 Å². The van der Waals surface area contributed by atoms with Crippen LogP contribution >= 0.6 is 0 Å². The molecule has 5 nitrogen and oxygen atoms in total. The molecule has 90 valence electrons. The van der Waals surface area contributed by atoms with Crippen LogP contribution in [0.3, 0.4) is 0 Å². The summed E-state index contributed by atoms with van der Waals surface area (Å²) in [5.74, 6) is -0.0949. The molecule has 0 rings (SSSR count). The first-order chi connectivity index (χ1) is 7.31. The third kappa shape index (κ3) is 11.3. The van der Waals surface area contributed by atoms with Gasteiger partial charge in [-0.25, -0.2) is 0 Å². The number of hydrogen-bond acceptors (Lipinski definition) is 4. The largest absolute Gasteiger partial charge is 0.383 e. The summed E-state index contributed by atoms with van der Waals surface area (Å²) in [6, 6.07) is 0. The lowest BCUT2D eigenvalue weighted by Gasteiger charge is -2.06. The molecule has 0 radical (unpaired) electrons. The highest BCUT2D eigenvalue weighted by Crippen LogP contribution is 1.76. The van der Waals surface area contributed by atoms with Crippen molar-refractivity contribution < 1.29 is 14.3 Å². The summed E-state index contributed by atoms with van der Waals surface area (Å²) >= 11 is 0. The number of methoxy groups -OCH3 is 1. The molecule has 0 aromatic heterocycles. The number of amides is 1. The van der Waals surface area contributed by atoms with E-state index in [0.717, 1.165) is 19.5 Å². The molecule has 1 amide bonds. The Morgan fingerprint density at radius 1 is 1.20 bits per heavy atom. The van der Waals surface area contributed by atoms with Crippen LogP contribution in [0, 0.1) is 0 Å². The van der Waals surface area contributed by atoms with Crippen LogP contribution in [0.15, 0.2) is 0 Å². The molecule has 0 aromatic rings. The average Bonchev–Trinajstić information content (AvgIpc) is 2.23. The Bertz CT molecular complexity index is 154. The second-order valence-electron chi connectivity index (χ2n) is 3.15. The molecule has 0 aromatic carbocycles. The lowest BCUT2D eigenvalue weighted by atomic mass is 10.5. The van der Waals surface area contributed by atoms with E-state index < -0.39 is 0 Å². The highest BCUT2D eigenvalue weighted by atomic mass is 16.5. The molecule has 0 atom stereocenters. The quantitative estimate of drug-likeness (QED) is 0.497. The van der Waals surface area contributed by atoms with Crippen LogP contribution in [0.5, 0.6) is 0 Å². The molecule has 0 heterocycles. The predicted octanol–water partition coefficient (Wildman–Crippen LogP) is -0.235. The van der Waals surface area contributed by atoms with Crippen LogP contribution in [-0.2, 0) is 14.3 Å². The molecule has 0 saturated carbocycles. The van der Waals surface area contributed by atoms with Gasteiger partial charge in [0, 0.05) is 20.2 Å². The fourth-order valence-electron chi connectivity index (χ4n) is 0.955. The van der Waals surface area contributed by atoms with Gasteiger partial charge in [0.15, 0.2) is 0 Å². The SMILES string of the molecule is CCCNCCOCC(=O)NCCOC. The molecule has 0 fully saturated rings. The monoisotopic (exact) mass is 218 g/mol. The summed E-state index contributed by atoms with van der Waals surface area (Å²) in [5, 5.41) is 5.86. The van der Waals surface area contributed by atoms with Gasteiger partial charge < -0.3 is 20.1 Å². The molecule has 2 N–H and O–H groups in total. The Morgan fingerprint density at radius 2 is 2.00 bits per heavy atom. The minimum absolute atomic E-state index is 0.0949. The van der Waals surface area contributed by atoms with Crippen LogP contribution in [0.4, 0.5) is 0 Å². The molecule has 0 aliphatic carbocycles. The fraction of sp³-hybridized carbons (Fsp3) is 0.900. The van der Waals surface area contributed by atoms with Crippen molar-refractivity contribution in [3.8, 4) is 0 Å². The van der Waals surface area contributed by atoms with Crippen LogP contribution < -0.4 is 10.6 Å². The van der Waals surface area contributed by atoms with Gasteiger partial charge in [-0.05, 0) is 13.0 Å². The summed E-state index contributed by atoms with van der Waals surface area (Å²) in [5.41, 5.74) is 0. The lowest BCUT2D eigenvalue weighted by molar-refractivity contribution is -0.125. The van der Waals surface area contributed by atoms with Gasteiger partial charge in [-0.15, -0.1) is 0 Å². The maximum Gasteiger partial charge on any atom is 0.246 e. The maximum absolute atomic E-state index is 11.1. The maximum atomic E-state index is 11.1. The highest BCUT2D eigenvalue weighted by molar-refractivity contribution is 5.77. The van der Waals surface area contributed by atoms with E-state index in [9.17, 15) is 4.79 Å². The third-order valence-corrected chi connectivity index (χ3v) is 1.71. The zero-order valence-corrected chi connectivity index (χ0v) is 9.67. The zero-order chi connectivity index (χ0) is 11.4. The second kappa shape index (κ2) is 11.4. The van der Waals surface area contributed by atoms with Crippen molar-refractivity contribution in [1.82, 2.24) is 10.6 Å². The number of carbonyl (C=O) groups is 1. The summed E-state index contributed by atoms with van der Waals surface area (Å²) in [7, 11) is 1.60. The summed E-state index contributed by atoms with van der Waals surface area (Å²) in [4.78, 5) is 11.1. The lowest BCUT2D eigenvalue weighted by Crippen LogP contribution is -2.31. The Morgan fingerprint density at radius 3 is 2.67 bits per heavy atom. The van der Waals surface area contributed by atoms with E-state index in [4.69, 9.17) is 9.47 Å². The highest BCUT2D eigenvalue weighted by Gasteiger charge is 1.99. The van der Waals surface area contributed by atoms with Crippen molar-refractivity contribution in [1.29, 1.82) is 0 Å². The van der Waals surface area contributed by atoms with E-state index in [1.807, 2.05) is 0 Å². The normalized spacial score (nSPS) is 10.3. The van der Waals surface area contributed by atoms with E-state index >= 15 is 0 Å². The number of ether oxygens (including phenoxy) is 2. The third-order valence-electron chi connectivity index (χ3n) is 1.71. The van der Waals surface area contributed by atoms with Gasteiger partial charge in [0.1, 0.15) is 6.61 Å². The molecule has 15 heavy (non-hydrogen) atoms. The molecule has 0 aliphatic heterocycles. The number of nitrogens with one attached hydrogen (secondary N) is 2. The standard InChI is InChI=1S/C10H22N2O3/c1-3-4-11-5-8-15-9-10(13)12-6-7-14-2/h11H,3-9H2,1-2H3,(H,12,13). The first-order valence-corrected chi connectivity index (χ1v) is 5.35. The van der Waals surface area contributed by atoms with Gasteiger partial charge in [-0.3, -0.25) is 4.79 Å². The molecule has 0 aliphatic rings. The second-order valence-corrected chi connectivity index (χ2v) is 3.15. The summed E-state index contributed by atoms with van der Waals surface area (Å²) in [6.07, 6.45) is 1.11. The average molecular weight is 218 g/mol. The van der Waals surface area contributed by atoms with Crippen molar-refractivity contribution in [2.24, 2.45) is 0 Å².